The first-order valence-electron chi connectivity index (χ1n) is 8.90. The molecule has 0 bridgehead atoms. The second kappa shape index (κ2) is 8.04. The molecule has 2 rings (SSSR count). The maximum absolute atomic E-state index is 6.38. The van der Waals surface area contributed by atoms with Gasteiger partial charge >= 0.3 is 0 Å². The Morgan fingerprint density at radius 3 is 2.04 bits per heavy atom. The van der Waals surface area contributed by atoms with Crippen molar-refractivity contribution in [3.8, 4) is 17.2 Å². The second-order valence-corrected chi connectivity index (χ2v) is 12.6. The number of anilines is 1. The molecule has 0 radical (unpaired) electrons. The van der Waals surface area contributed by atoms with Crippen LogP contribution in [0, 0.1) is 0 Å². The monoisotopic (exact) mass is 373 g/mol. The lowest BCUT2D eigenvalue weighted by atomic mass is 10.2. The van der Waals surface area contributed by atoms with E-state index in [1.165, 1.54) is 0 Å². The van der Waals surface area contributed by atoms with Crippen LogP contribution in [-0.4, -0.2) is 22.5 Å². The summed E-state index contributed by atoms with van der Waals surface area (Å²) >= 11 is 0. The zero-order chi connectivity index (χ0) is 19.4. The van der Waals surface area contributed by atoms with E-state index in [1.807, 2.05) is 36.4 Å². The summed E-state index contributed by atoms with van der Waals surface area (Å²) in [6.07, 6.45) is 0. The summed E-state index contributed by atoms with van der Waals surface area (Å²) in [4.78, 5) is 0. The van der Waals surface area contributed by atoms with E-state index in [2.05, 4.69) is 45.2 Å². The fourth-order valence-corrected chi connectivity index (χ4v) is 3.31. The Morgan fingerprint density at radius 1 is 0.885 bits per heavy atom. The molecular weight excluding hydrogens is 342 g/mol. The maximum atomic E-state index is 6.38. The van der Waals surface area contributed by atoms with E-state index in [9.17, 15) is 0 Å². The highest BCUT2D eigenvalue weighted by molar-refractivity contribution is 6.74. The van der Waals surface area contributed by atoms with E-state index in [0.29, 0.717) is 6.54 Å². The van der Waals surface area contributed by atoms with Gasteiger partial charge in [-0.2, -0.15) is 0 Å². The van der Waals surface area contributed by atoms with Crippen LogP contribution in [0.15, 0.2) is 42.5 Å². The van der Waals surface area contributed by atoms with Gasteiger partial charge < -0.3 is 19.2 Å². The third-order valence-corrected chi connectivity index (χ3v) is 9.37. The SMILES string of the molecule is COc1ccc(NCc2ccc(O[Si](C)(C)C(C)(C)C)cc2OC)cc1. The standard InChI is InChI=1S/C21H31NO3Si/c1-21(2,3)26(6,7)25-19-11-8-16(20(14-19)24-5)15-22-17-9-12-18(23-4)13-10-17/h8-14,22H,15H2,1-7H3. The van der Waals surface area contributed by atoms with Gasteiger partial charge in [-0.3, -0.25) is 0 Å². The molecule has 2 aromatic carbocycles. The van der Waals surface area contributed by atoms with Crippen molar-refractivity contribution >= 4 is 14.0 Å². The quantitative estimate of drug-likeness (QED) is 0.632. The van der Waals surface area contributed by atoms with Gasteiger partial charge in [-0.15, -0.1) is 0 Å². The number of methoxy groups -OCH3 is 2. The Kier molecular flexibility index (Phi) is 6.24. The molecule has 1 N–H and O–H groups in total. The average Bonchev–Trinajstić information content (AvgIpc) is 2.59. The highest BCUT2D eigenvalue weighted by Gasteiger charge is 2.39. The number of hydrogen-bond acceptors (Lipinski definition) is 4. The lowest BCUT2D eigenvalue weighted by molar-refractivity contribution is 0.406. The Labute approximate surface area is 158 Å². The van der Waals surface area contributed by atoms with Crippen LogP contribution >= 0.6 is 0 Å². The van der Waals surface area contributed by atoms with Gasteiger partial charge in [0.1, 0.15) is 17.2 Å². The van der Waals surface area contributed by atoms with Crippen LogP contribution in [0.2, 0.25) is 18.1 Å². The predicted octanol–water partition coefficient (Wildman–Crippen LogP) is 5.70. The molecule has 0 saturated carbocycles. The van der Waals surface area contributed by atoms with Crippen molar-refractivity contribution in [2.24, 2.45) is 0 Å². The van der Waals surface area contributed by atoms with E-state index < -0.39 is 8.32 Å². The lowest BCUT2D eigenvalue weighted by Crippen LogP contribution is -2.43. The first-order valence-corrected chi connectivity index (χ1v) is 11.8. The Bertz CT molecular complexity index is 721. The van der Waals surface area contributed by atoms with Crippen LogP contribution < -0.4 is 19.2 Å². The highest BCUT2D eigenvalue weighted by Crippen LogP contribution is 2.38. The summed E-state index contributed by atoms with van der Waals surface area (Å²) in [5.41, 5.74) is 2.13. The zero-order valence-electron chi connectivity index (χ0n) is 17.0. The van der Waals surface area contributed by atoms with Gasteiger partial charge in [-0.05, 0) is 54.5 Å². The molecule has 0 fully saturated rings. The maximum Gasteiger partial charge on any atom is 0.250 e. The molecule has 0 aliphatic carbocycles. The van der Waals surface area contributed by atoms with Crippen LogP contribution in [-0.2, 0) is 6.54 Å². The van der Waals surface area contributed by atoms with Crippen molar-refractivity contribution in [3.05, 3.63) is 48.0 Å². The molecule has 5 heteroatoms. The van der Waals surface area contributed by atoms with Gasteiger partial charge in [-0.1, -0.05) is 20.8 Å². The highest BCUT2D eigenvalue weighted by atomic mass is 28.4. The molecule has 0 spiro atoms. The van der Waals surface area contributed by atoms with Crippen LogP contribution in [0.25, 0.3) is 0 Å². The van der Waals surface area contributed by atoms with E-state index in [-0.39, 0.29) is 5.04 Å². The number of nitrogens with one attached hydrogen (secondary N) is 1. The van der Waals surface area contributed by atoms with Crippen LogP contribution in [0.5, 0.6) is 17.2 Å². The van der Waals surface area contributed by atoms with Gasteiger partial charge in [0.2, 0.25) is 8.32 Å². The third-order valence-electron chi connectivity index (χ3n) is 5.01. The molecule has 0 amide bonds. The van der Waals surface area contributed by atoms with Crippen molar-refractivity contribution in [2.45, 2.75) is 45.4 Å². The van der Waals surface area contributed by atoms with Crippen molar-refractivity contribution in [2.75, 3.05) is 19.5 Å². The van der Waals surface area contributed by atoms with Crippen molar-refractivity contribution in [1.29, 1.82) is 0 Å². The topological polar surface area (TPSA) is 39.7 Å². The molecule has 26 heavy (non-hydrogen) atoms. The molecule has 0 atom stereocenters. The molecule has 0 unspecified atom stereocenters. The van der Waals surface area contributed by atoms with E-state index >= 15 is 0 Å². The van der Waals surface area contributed by atoms with E-state index in [1.54, 1.807) is 14.2 Å². The molecule has 4 nitrogen and oxygen atoms in total. The zero-order valence-corrected chi connectivity index (χ0v) is 18.0. The molecule has 0 heterocycles. The minimum atomic E-state index is -1.86. The number of hydrogen-bond donors (Lipinski definition) is 1. The summed E-state index contributed by atoms with van der Waals surface area (Å²) in [6, 6.07) is 14.0. The first-order chi connectivity index (χ1) is 12.2. The molecular formula is C21H31NO3Si. The Hall–Kier alpha value is -2.14. The average molecular weight is 374 g/mol. The second-order valence-electron chi connectivity index (χ2n) is 7.92. The Balaban J connectivity index is 2.10. The largest absolute Gasteiger partial charge is 0.543 e. The van der Waals surface area contributed by atoms with Gasteiger partial charge in [0, 0.05) is 23.9 Å². The normalized spacial score (nSPS) is 11.8. The van der Waals surface area contributed by atoms with Crippen LogP contribution in [0.3, 0.4) is 0 Å². The Morgan fingerprint density at radius 2 is 1.50 bits per heavy atom. The van der Waals surface area contributed by atoms with Crippen molar-refractivity contribution in [3.63, 3.8) is 0 Å². The van der Waals surface area contributed by atoms with Gasteiger partial charge in [0.15, 0.2) is 0 Å². The minimum absolute atomic E-state index is 0.162. The first kappa shape index (κ1) is 20.2. The molecule has 0 aliphatic rings. The smallest absolute Gasteiger partial charge is 0.250 e. The van der Waals surface area contributed by atoms with Gasteiger partial charge in [0.05, 0.1) is 14.2 Å². The summed E-state index contributed by atoms with van der Waals surface area (Å²) in [5.74, 6) is 2.56. The summed E-state index contributed by atoms with van der Waals surface area (Å²) in [6.45, 7) is 11.9. The third kappa shape index (κ3) is 4.94. The molecule has 0 saturated heterocycles. The minimum Gasteiger partial charge on any atom is -0.543 e. The van der Waals surface area contributed by atoms with E-state index in [0.717, 1.165) is 28.5 Å². The fraction of sp³-hybridized carbons (Fsp3) is 0.429. The molecule has 142 valence electrons. The fourth-order valence-electron chi connectivity index (χ4n) is 2.29. The number of rotatable bonds is 7. The van der Waals surface area contributed by atoms with Crippen LogP contribution in [0.1, 0.15) is 26.3 Å². The van der Waals surface area contributed by atoms with Crippen molar-refractivity contribution < 1.29 is 13.9 Å². The van der Waals surface area contributed by atoms with E-state index in [4.69, 9.17) is 13.9 Å². The summed E-state index contributed by atoms with van der Waals surface area (Å²) in [7, 11) is 1.50. The van der Waals surface area contributed by atoms with Crippen molar-refractivity contribution in [1.82, 2.24) is 0 Å². The van der Waals surface area contributed by atoms with Gasteiger partial charge in [-0.25, -0.2) is 0 Å². The summed E-state index contributed by atoms with van der Waals surface area (Å²) < 4.78 is 17.1. The molecule has 2 aromatic rings. The lowest BCUT2D eigenvalue weighted by Gasteiger charge is -2.36. The van der Waals surface area contributed by atoms with Crippen LogP contribution in [0.4, 0.5) is 5.69 Å². The summed E-state index contributed by atoms with van der Waals surface area (Å²) in [5, 5.41) is 3.57. The molecule has 0 aliphatic heterocycles. The molecule has 0 aromatic heterocycles. The number of benzene rings is 2. The predicted molar refractivity (Wildman–Crippen MR) is 111 cm³/mol. The van der Waals surface area contributed by atoms with Gasteiger partial charge in [0.25, 0.3) is 0 Å². The number of ether oxygens (including phenoxy) is 2.